The number of alkyl halides is 3. The van der Waals surface area contributed by atoms with Crippen LogP contribution in [0.2, 0.25) is 0 Å². The van der Waals surface area contributed by atoms with Crippen LogP contribution in [0.4, 0.5) is 13.2 Å². The Kier molecular flexibility index (Phi) is 5.15. The van der Waals surface area contributed by atoms with Gasteiger partial charge in [0, 0.05) is 25.3 Å². The lowest BCUT2D eigenvalue weighted by molar-refractivity contribution is -0.147. The summed E-state index contributed by atoms with van der Waals surface area (Å²) >= 11 is 0. The van der Waals surface area contributed by atoms with Gasteiger partial charge in [-0.25, -0.2) is 0 Å². The van der Waals surface area contributed by atoms with Crippen molar-refractivity contribution in [1.82, 2.24) is 10.1 Å². The molecular weight excluding hydrogens is 249 g/mol. The Bertz CT molecular complexity index is 357. The van der Waals surface area contributed by atoms with Crippen LogP contribution >= 0.6 is 0 Å². The molecule has 0 fully saturated rings. The molecule has 0 unspecified atom stereocenters. The van der Waals surface area contributed by atoms with Crippen molar-refractivity contribution in [2.45, 2.75) is 33.0 Å². The van der Waals surface area contributed by atoms with Gasteiger partial charge in [0.2, 0.25) is 0 Å². The minimum absolute atomic E-state index is 0.126. The number of aryl methyl sites for hydroxylation is 2. The van der Waals surface area contributed by atoms with Gasteiger partial charge in [-0.05, 0) is 20.3 Å². The molecule has 0 aliphatic rings. The average Bonchev–Trinajstić information content (AvgIpc) is 2.55. The van der Waals surface area contributed by atoms with Crippen LogP contribution in [0.25, 0.3) is 0 Å². The molecule has 0 radical (unpaired) electrons. The molecule has 1 aromatic rings. The molecule has 0 saturated heterocycles. The number of hydrogen-bond donors (Lipinski definition) is 1. The molecule has 1 aromatic heterocycles. The largest absolute Gasteiger partial charge is 0.401 e. The number of rotatable bonds is 6. The molecular formula is C11H17F3N2O2. The van der Waals surface area contributed by atoms with Gasteiger partial charge in [0.1, 0.15) is 5.76 Å². The summed E-state index contributed by atoms with van der Waals surface area (Å²) in [5.41, 5.74) is 1.28. The Morgan fingerprint density at radius 1 is 1.33 bits per heavy atom. The van der Waals surface area contributed by atoms with Crippen molar-refractivity contribution in [3.8, 4) is 0 Å². The van der Waals surface area contributed by atoms with Crippen LogP contribution in [0.5, 0.6) is 0 Å². The van der Waals surface area contributed by atoms with Gasteiger partial charge in [-0.1, -0.05) is 5.16 Å². The van der Waals surface area contributed by atoms with Crippen LogP contribution in [-0.2, 0) is 6.54 Å². The molecule has 1 heterocycles. The number of aromatic nitrogens is 1. The zero-order valence-corrected chi connectivity index (χ0v) is 10.4. The van der Waals surface area contributed by atoms with Crippen LogP contribution in [0.15, 0.2) is 4.52 Å². The normalized spacial score (nSPS) is 12.4. The van der Waals surface area contributed by atoms with Crippen LogP contribution in [0.1, 0.15) is 23.4 Å². The standard InChI is InChI=1S/C11H17F3N2O2/c1-8-10(9(2)18-15-8)6-16(4-3-5-17)7-11(12,13)14/h17H,3-7H2,1-2H3. The second kappa shape index (κ2) is 6.19. The predicted molar refractivity (Wildman–Crippen MR) is 59.0 cm³/mol. The van der Waals surface area contributed by atoms with Gasteiger partial charge in [0.05, 0.1) is 12.2 Å². The van der Waals surface area contributed by atoms with Crippen molar-refractivity contribution < 1.29 is 22.8 Å². The van der Waals surface area contributed by atoms with E-state index in [9.17, 15) is 13.2 Å². The van der Waals surface area contributed by atoms with Crippen molar-refractivity contribution in [2.24, 2.45) is 0 Å². The Morgan fingerprint density at radius 2 is 2.00 bits per heavy atom. The van der Waals surface area contributed by atoms with Crippen LogP contribution < -0.4 is 0 Å². The molecule has 0 saturated carbocycles. The molecule has 0 amide bonds. The number of hydrogen-bond acceptors (Lipinski definition) is 4. The zero-order chi connectivity index (χ0) is 13.8. The van der Waals surface area contributed by atoms with Crippen LogP contribution in [0.3, 0.4) is 0 Å². The highest BCUT2D eigenvalue weighted by atomic mass is 19.4. The lowest BCUT2D eigenvalue weighted by atomic mass is 10.2. The predicted octanol–water partition coefficient (Wildman–Crippen LogP) is 2.04. The summed E-state index contributed by atoms with van der Waals surface area (Å²) in [6.07, 6.45) is -3.95. The molecule has 4 nitrogen and oxygen atoms in total. The van der Waals surface area contributed by atoms with Gasteiger partial charge in [0.25, 0.3) is 0 Å². The van der Waals surface area contributed by atoms with Gasteiger partial charge >= 0.3 is 6.18 Å². The monoisotopic (exact) mass is 266 g/mol. The van der Waals surface area contributed by atoms with E-state index in [1.165, 1.54) is 4.90 Å². The highest BCUT2D eigenvalue weighted by Gasteiger charge is 2.31. The first-order valence-electron chi connectivity index (χ1n) is 5.65. The zero-order valence-electron chi connectivity index (χ0n) is 10.4. The quantitative estimate of drug-likeness (QED) is 0.856. The summed E-state index contributed by atoms with van der Waals surface area (Å²) in [7, 11) is 0. The maximum absolute atomic E-state index is 12.4. The van der Waals surface area contributed by atoms with E-state index in [4.69, 9.17) is 9.63 Å². The van der Waals surface area contributed by atoms with Crippen molar-refractivity contribution in [3.05, 3.63) is 17.0 Å². The van der Waals surface area contributed by atoms with Gasteiger partial charge in [-0.2, -0.15) is 13.2 Å². The minimum Gasteiger partial charge on any atom is -0.396 e. The first-order valence-corrected chi connectivity index (χ1v) is 5.65. The molecule has 1 N–H and O–H groups in total. The van der Waals surface area contributed by atoms with E-state index in [-0.39, 0.29) is 19.7 Å². The summed E-state index contributed by atoms with van der Waals surface area (Å²) in [5, 5.41) is 12.4. The molecule has 0 atom stereocenters. The molecule has 18 heavy (non-hydrogen) atoms. The number of aliphatic hydroxyl groups is 1. The van der Waals surface area contributed by atoms with E-state index in [0.717, 1.165) is 0 Å². The van der Waals surface area contributed by atoms with E-state index >= 15 is 0 Å². The van der Waals surface area contributed by atoms with Crippen molar-refractivity contribution in [1.29, 1.82) is 0 Å². The van der Waals surface area contributed by atoms with Crippen molar-refractivity contribution in [3.63, 3.8) is 0 Å². The second-order valence-electron chi connectivity index (χ2n) is 4.21. The van der Waals surface area contributed by atoms with E-state index in [1.54, 1.807) is 13.8 Å². The summed E-state index contributed by atoms with van der Waals surface area (Å²) in [6.45, 7) is 2.55. The molecule has 0 aromatic carbocycles. The third-order valence-corrected chi connectivity index (χ3v) is 2.60. The fourth-order valence-electron chi connectivity index (χ4n) is 1.71. The Balaban J connectivity index is 2.71. The van der Waals surface area contributed by atoms with Crippen molar-refractivity contribution in [2.75, 3.05) is 19.7 Å². The summed E-state index contributed by atoms with van der Waals surface area (Å²) in [4.78, 5) is 1.24. The summed E-state index contributed by atoms with van der Waals surface area (Å²) in [6, 6.07) is 0. The highest BCUT2D eigenvalue weighted by Crippen LogP contribution is 2.20. The first-order chi connectivity index (χ1) is 8.33. The lowest BCUT2D eigenvalue weighted by Gasteiger charge is -2.23. The third kappa shape index (κ3) is 4.66. The summed E-state index contributed by atoms with van der Waals surface area (Å²) in [5.74, 6) is 0.531. The Morgan fingerprint density at radius 3 is 2.44 bits per heavy atom. The Hall–Kier alpha value is -1.08. The number of aliphatic hydroxyl groups excluding tert-OH is 1. The molecule has 0 aliphatic heterocycles. The first kappa shape index (κ1) is 15.0. The fraction of sp³-hybridized carbons (Fsp3) is 0.727. The lowest BCUT2D eigenvalue weighted by Crippen LogP contribution is -2.35. The van der Waals surface area contributed by atoms with E-state index in [2.05, 4.69) is 5.16 Å². The molecule has 0 bridgehead atoms. The fourth-order valence-corrected chi connectivity index (χ4v) is 1.71. The van der Waals surface area contributed by atoms with Gasteiger partial charge in [-0.3, -0.25) is 4.90 Å². The van der Waals surface area contributed by atoms with Gasteiger partial charge in [-0.15, -0.1) is 0 Å². The van der Waals surface area contributed by atoms with Gasteiger partial charge < -0.3 is 9.63 Å². The minimum atomic E-state index is -4.26. The van der Waals surface area contributed by atoms with Crippen LogP contribution in [-0.4, -0.2) is 41.0 Å². The molecule has 0 spiro atoms. The highest BCUT2D eigenvalue weighted by molar-refractivity contribution is 5.20. The molecule has 1 rings (SSSR count). The SMILES string of the molecule is Cc1noc(C)c1CN(CCCO)CC(F)(F)F. The third-order valence-electron chi connectivity index (χ3n) is 2.60. The Labute approximate surface area is 103 Å². The van der Waals surface area contributed by atoms with E-state index in [1.807, 2.05) is 0 Å². The number of halogens is 3. The topological polar surface area (TPSA) is 49.5 Å². The molecule has 104 valence electrons. The number of nitrogens with zero attached hydrogens (tertiary/aromatic N) is 2. The maximum atomic E-state index is 12.4. The van der Waals surface area contributed by atoms with Gasteiger partial charge in [0.15, 0.2) is 0 Å². The van der Waals surface area contributed by atoms with Crippen molar-refractivity contribution >= 4 is 0 Å². The average molecular weight is 266 g/mol. The maximum Gasteiger partial charge on any atom is 0.401 e. The smallest absolute Gasteiger partial charge is 0.396 e. The molecule has 0 aliphatic carbocycles. The second-order valence-corrected chi connectivity index (χ2v) is 4.21. The van der Waals surface area contributed by atoms with E-state index in [0.29, 0.717) is 23.4 Å². The van der Waals surface area contributed by atoms with E-state index < -0.39 is 12.7 Å². The van der Waals surface area contributed by atoms with Crippen LogP contribution in [0, 0.1) is 13.8 Å². The molecule has 7 heteroatoms. The summed E-state index contributed by atoms with van der Waals surface area (Å²) < 4.78 is 42.2.